The van der Waals surface area contributed by atoms with Crippen LogP contribution in [0.4, 0.5) is 0 Å². The summed E-state index contributed by atoms with van der Waals surface area (Å²) in [4.78, 5) is 4.34. The maximum absolute atomic E-state index is 4.34. The van der Waals surface area contributed by atoms with Crippen LogP contribution >= 0.6 is 0 Å². The quantitative estimate of drug-likeness (QED) is 0.664. The summed E-state index contributed by atoms with van der Waals surface area (Å²) in [6, 6.07) is 2.10. The van der Waals surface area contributed by atoms with Gasteiger partial charge in [-0.25, -0.2) is 0 Å². The number of aromatic nitrogens is 3. The Morgan fingerprint density at radius 2 is 2.08 bits per heavy atom. The molecule has 0 aromatic carbocycles. The van der Waals surface area contributed by atoms with E-state index in [4.69, 9.17) is 0 Å². The molecule has 0 fully saturated rings. The van der Waals surface area contributed by atoms with E-state index in [-0.39, 0.29) is 0 Å². The van der Waals surface area contributed by atoms with Crippen molar-refractivity contribution in [1.29, 1.82) is 0 Å². The zero-order valence-electron chi connectivity index (χ0n) is 8.15. The predicted molar refractivity (Wildman–Crippen MR) is 52.6 cm³/mol. The van der Waals surface area contributed by atoms with E-state index in [9.17, 15) is 0 Å². The van der Waals surface area contributed by atoms with Gasteiger partial charge in [0.25, 0.3) is 0 Å². The van der Waals surface area contributed by atoms with Gasteiger partial charge in [0.05, 0.1) is 6.20 Å². The lowest BCUT2D eigenvalue weighted by Crippen LogP contribution is -1.88. The molecule has 68 valence electrons. The Kier molecular flexibility index (Phi) is 1.79. The van der Waals surface area contributed by atoms with Crippen LogP contribution in [0.15, 0.2) is 18.5 Å². The van der Waals surface area contributed by atoms with Gasteiger partial charge >= 0.3 is 0 Å². The summed E-state index contributed by atoms with van der Waals surface area (Å²) in [6.07, 6.45) is 3.86. The van der Waals surface area contributed by atoms with Gasteiger partial charge in [-0.15, -0.1) is 0 Å². The van der Waals surface area contributed by atoms with Crippen molar-refractivity contribution in [3.63, 3.8) is 0 Å². The summed E-state index contributed by atoms with van der Waals surface area (Å²) in [5.74, 6) is 0.513. The maximum atomic E-state index is 4.34. The third-order valence-corrected chi connectivity index (χ3v) is 2.16. The molecule has 0 saturated heterocycles. The van der Waals surface area contributed by atoms with Gasteiger partial charge in [-0.1, -0.05) is 13.8 Å². The largest absolute Gasteiger partial charge is 0.273 e. The second-order valence-electron chi connectivity index (χ2n) is 3.63. The molecule has 2 rings (SSSR count). The van der Waals surface area contributed by atoms with E-state index in [1.807, 2.05) is 19.4 Å². The van der Waals surface area contributed by atoms with E-state index in [0.717, 1.165) is 11.0 Å². The summed E-state index contributed by atoms with van der Waals surface area (Å²) in [7, 11) is 1.91. The number of fused-ring (bicyclic) bond motifs is 1. The highest BCUT2D eigenvalue weighted by molar-refractivity contribution is 5.73. The molecule has 0 bridgehead atoms. The number of aryl methyl sites for hydroxylation is 1. The van der Waals surface area contributed by atoms with Crippen LogP contribution in [0.1, 0.15) is 25.3 Å². The average Bonchev–Trinajstić information content (AvgIpc) is 2.42. The van der Waals surface area contributed by atoms with Gasteiger partial charge < -0.3 is 0 Å². The third-order valence-electron chi connectivity index (χ3n) is 2.16. The molecule has 13 heavy (non-hydrogen) atoms. The van der Waals surface area contributed by atoms with Crippen LogP contribution in [-0.2, 0) is 7.05 Å². The molecule has 2 heterocycles. The molecule has 0 N–H and O–H groups in total. The van der Waals surface area contributed by atoms with Crippen LogP contribution in [0, 0.1) is 0 Å². The fraction of sp³-hybridized carbons (Fsp3) is 0.400. The molecule has 0 unspecified atom stereocenters. The SMILES string of the molecule is CC(C)c1cnc2cn(C)nc2c1. The second-order valence-corrected chi connectivity index (χ2v) is 3.63. The van der Waals surface area contributed by atoms with Crippen molar-refractivity contribution in [2.24, 2.45) is 7.05 Å². The van der Waals surface area contributed by atoms with Crippen LogP contribution in [-0.4, -0.2) is 14.8 Å². The fourth-order valence-corrected chi connectivity index (χ4v) is 1.35. The van der Waals surface area contributed by atoms with E-state index in [1.165, 1.54) is 5.56 Å². The van der Waals surface area contributed by atoms with Gasteiger partial charge in [-0.3, -0.25) is 9.67 Å². The van der Waals surface area contributed by atoms with Gasteiger partial charge in [-0.05, 0) is 17.5 Å². The molecule has 0 spiro atoms. The van der Waals surface area contributed by atoms with Crippen LogP contribution in [0.5, 0.6) is 0 Å². The minimum absolute atomic E-state index is 0.513. The summed E-state index contributed by atoms with van der Waals surface area (Å²) in [5, 5.41) is 4.31. The summed E-state index contributed by atoms with van der Waals surface area (Å²) in [6.45, 7) is 4.32. The van der Waals surface area contributed by atoms with Crippen molar-refractivity contribution < 1.29 is 0 Å². The van der Waals surface area contributed by atoms with Crippen molar-refractivity contribution in [3.8, 4) is 0 Å². The molecule has 2 aromatic heterocycles. The lowest BCUT2D eigenvalue weighted by molar-refractivity contribution is 0.779. The predicted octanol–water partition coefficient (Wildman–Crippen LogP) is 2.09. The van der Waals surface area contributed by atoms with Gasteiger partial charge in [0.15, 0.2) is 0 Å². The molecular weight excluding hydrogens is 162 g/mol. The highest BCUT2D eigenvalue weighted by Crippen LogP contribution is 2.17. The van der Waals surface area contributed by atoms with E-state index in [1.54, 1.807) is 4.68 Å². The standard InChI is InChI=1S/C10H13N3/c1-7(2)8-4-9-10(11-5-8)6-13(3)12-9/h4-7H,1-3H3. The van der Waals surface area contributed by atoms with Crippen molar-refractivity contribution in [2.45, 2.75) is 19.8 Å². The zero-order chi connectivity index (χ0) is 9.42. The Hall–Kier alpha value is -1.38. The van der Waals surface area contributed by atoms with Gasteiger partial charge in [0.2, 0.25) is 0 Å². The monoisotopic (exact) mass is 175 g/mol. The van der Waals surface area contributed by atoms with Crippen molar-refractivity contribution in [3.05, 3.63) is 24.0 Å². The highest BCUT2D eigenvalue weighted by Gasteiger charge is 2.03. The van der Waals surface area contributed by atoms with E-state index < -0.39 is 0 Å². The summed E-state index contributed by atoms with van der Waals surface area (Å²) in [5.41, 5.74) is 3.19. The number of rotatable bonds is 1. The first-order valence-corrected chi connectivity index (χ1v) is 4.46. The summed E-state index contributed by atoms with van der Waals surface area (Å²) < 4.78 is 1.79. The molecule has 0 radical (unpaired) electrons. The topological polar surface area (TPSA) is 30.7 Å². The molecule has 3 heteroatoms. The Labute approximate surface area is 77.4 Å². The molecule has 0 aliphatic heterocycles. The maximum Gasteiger partial charge on any atom is 0.111 e. The Bertz CT molecular complexity index is 429. The molecule has 0 amide bonds. The molecule has 0 aliphatic rings. The van der Waals surface area contributed by atoms with Crippen LogP contribution < -0.4 is 0 Å². The lowest BCUT2D eigenvalue weighted by atomic mass is 10.1. The molecule has 0 saturated carbocycles. The average molecular weight is 175 g/mol. The van der Waals surface area contributed by atoms with Crippen molar-refractivity contribution in [1.82, 2.24) is 14.8 Å². The first-order valence-electron chi connectivity index (χ1n) is 4.46. The molecular formula is C10H13N3. The molecule has 3 nitrogen and oxygen atoms in total. The van der Waals surface area contributed by atoms with E-state index in [0.29, 0.717) is 5.92 Å². The Morgan fingerprint density at radius 1 is 1.31 bits per heavy atom. The van der Waals surface area contributed by atoms with Gasteiger partial charge in [0, 0.05) is 13.2 Å². The lowest BCUT2D eigenvalue weighted by Gasteiger charge is -2.02. The zero-order valence-corrected chi connectivity index (χ0v) is 8.15. The fourth-order valence-electron chi connectivity index (χ4n) is 1.35. The minimum atomic E-state index is 0.513. The summed E-state index contributed by atoms with van der Waals surface area (Å²) >= 11 is 0. The second kappa shape index (κ2) is 2.83. The van der Waals surface area contributed by atoms with Crippen LogP contribution in [0.25, 0.3) is 11.0 Å². The number of pyridine rings is 1. The first kappa shape index (κ1) is 8.23. The first-order chi connectivity index (χ1) is 6.16. The van der Waals surface area contributed by atoms with Crippen LogP contribution in [0.2, 0.25) is 0 Å². The third kappa shape index (κ3) is 1.41. The molecule has 0 aliphatic carbocycles. The normalized spacial score (nSPS) is 11.4. The van der Waals surface area contributed by atoms with Crippen molar-refractivity contribution >= 4 is 11.0 Å². The number of hydrogen-bond acceptors (Lipinski definition) is 2. The van der Waals surface area contributed by atoms with Gasteiger partial charge in [0.1, 0.15) is 11.0 Å². The van der Waals surface area contributed by atoms with Crippen molar-refractivity contribution in [2.75, 3.05) is 0 Å². The smallest absolute Gasteiger partial charge is 0.111 e. The minimum Gasteiger partial charge on any atom is -0.273 e. The van der Waals surface area contributed by atoms with Crippen LogP contribution in [0.3, 0.4) is 0 Å². The van der Waals surface area contributed by atoms with E-state index in [2.05, 4.69) is 30.0 Å². The Morgan fingerprint density at radius 3 is 2.77 bits per heavy atom. The number of hydrogen-bond donors (Lipinski definition) is 0. The van der Waals surface area contributed by atoms with Gasteiger partial charge in [-0.2, -0.15) is 5.10 Å². The molecule has 0 atom stereocenters. The van der Waals surface area contributed by atoms with E-state index >= 15 is 0 Å². The number of nitrogens with zero attached hydrogens (tertiary/aromatic N) is 3. The molecule has 2 aromatic rings. The Balaban J connectivity index is 2.61. The highest BCUT2D eigenvalue weighted by atomic mass is 15.2.